The fraction of sp³-hybridized carbons (Fsp3) is 0.533. The number of guanidine groups is 1. The van der Waals surface area contributed by atoms with Gasteiger partial charge < -0.3 is 10.6 Å². The summed E-state index contributed by atoms with van der Waals surface area (Å²) in [5, 5.41) is 6.28. The fourth-order valence-corrected chi connectivity index (χ4v) is 2.80. The summed E-state index contributed by atoms with van der Waals surface area (Å²) in [6.45, 7) is 6.62. The molecule has 0 saturated carbocycles. The van der Waals surface area contributed by atoms with Gasteiger partial charge in [0.2, 0.25) is 0 Å². The first kappa shape index (κ1) is 21.2. The number of benzene rings is 1. The summed E-state index contributed by atoms with van der Waals surface area (Å²) in [5.41, 5.74) is 0. The maximum Gasteiger partial charge on any atom is 0.191 e. The van der Waals surface area contributed by atoms with Crippen LogP contribution in [0.3, 0.4) is 0 Å². The Hall–Kier alpha value is -0.830. The second kappa shape index (κ2) is 10.0. The molecule has 0 saturated heterocycles. The van der Waals surface area contributed by atoms with Crippen LogP contribution in [0.5, 0.6) is 0 Å². The molecule has 0 heterocycles. The largest absolute Gasteiger partial charge is 0.355 e. The lowest BCUT2D eigenvalue weighted by Crippen LogP contribution is -2.45. The SMILES string of the molecule is CN=C(NCCS(=O)(=O)c1ccccc1)NC(C)C(C)C.I. The maximum absolute atomic E-state index is 12.1. The summed E-state index contributed by atoms with van der Waals surface area (Å²) in [4.78, 5) is 4.45. The first-order valence-electron chi connectivity index (χ1n) is 7.12. The fourth-order valence-electron chi connectivity index (χ4n) is 1.63. The predicted molar refractivity (Wildman–Crippen MR) is 103 cm³/mol. The Morgan fingerprint density at radius 2 is 1.77 bits per heavy atom. The smallest absolute Gasteiger partial charge is 0.191 e. The summed E-state index contributed by atoms with van der Waals surface area (Å²) in [6, 6.07) is 8.75. The van der Waals surface area contributed by atoms with E-state index in [1.165, 1.54) is 0 Å². The van der Waals surface area contributed by atoms with Crippen molar-refractivity contribution in [3.63, 3.8) is 0 Å². The second-order valence-corrected chi connectivity index (χ2v) is 7.42. The minimum absolute atomic E-state index is 0. The van der Waals surface area contributed by atoms with E-state index in [4.69, 9.17) is 0 Å². The first-order chi connectivity index (χ1) is 9.86. The van der Waals surface area contributed by atoms with Gasteiger partial charge in [-0.25, -0.2) is 8.42 Å². The average Bonchev–Trinajstić information content (AvgIpc) is 2.46. The zero-order chi connectivity index (χ0) is 15.9. The molecule has 126 valence electrons. The van der Waals surface area contributed by atoms with Crippen molar-refractivity contribution < 1.29 is 8.42 Å². The Balaban J connectivity index is 0.00000441. The van der Waals surface area contributed by atoms with Crippen LogP contribution >= 0.6 is 24.0 Å². The zero-order valence-corrected chi connectivity index (χ0v) is 16.7. The second-order valence-electron chi connectivity index (χ2n) is 5.31. The van der Waals surface area contributed by atoms with E-state index >= 15 is 0 Å². The molecule has 1 unspecified atom stereocenters. The molecule has 1 rings (SSSR count). The van der Waals surface area contributed by atoms with Crippen LogP contribution < -0.4 is 10.6 Å². The zero-order valence-electron chi connectivity index (χ0n) is 13.5. The molecule has 0 aromatic heterocycles. The molecule has 5 nitrogen and oxygen atoms in total. The molecule has 0 aliphatic rings. The lowest BCUT2D eigenvalue weighted by molar-refractivity contribution is 0.481. The van der Waals surface area contributed by atoms with Gasteiger partial charge in [-0.1, -0.05) is 32.0 Å². The predicted octanol–water partition coefficient (Wildman–Crippen LogP) is 2.29. The van der Waals surface area contributed by atoms with Crippen molar-refractivity contribution in [1.82, 2.24) is 10.6 Å². The summed E-state index contributed by atoms with van der Waals surface area (Å²) in [7, 11) is -1.58. The third kappa shape index (κ3) is 6.95. The maximum atomic E-state index is 12.1. The van der Waals surface area contributed by atoms with Crippen LogP contribution in [0.4, 0.5) is 0 Å². The quantitative estimate of drug-likeness (QED) is 0.406. The summed E-state index contributed by atoms with van der Waals surface area (Å²) < 4.78 is 24.3. The Bertz CT molecular complexity index is 559. The van der Waals surface area contributed by atoms with Crippen molar-refractivity contribution in [2.45, 2.75) is 31.7 Å². The molecule has 0 aliphatic carbocycles. The standard InChI is InChI=1S/C15H25N3O2S.HI/c1-12(2)13(3)18-15(16-4)17-10-11-21(19,20)14-8-6-5-7-9-14;/h5-9,12-13H,10-11H2,1-4H3,(H2,16,17,18);1H. The molecular formula is C15H26IN3O2S. The topological polar surface area (TPSA) is 70.6 Å². The molecule has 1 atom stereocenters. The van der Waals surface area contributed by atoms with Crippen LogP contribution in [0.1, 0.15) is 20.8 Å². The number of halogens is 1. The van der Waals surface area contributed by atoms with Crippen LogP contribution in [0.25, 0.3) is 0 Å². The van der Waals surface area contributed by atoms with Crippen molar-refractivity contribution in [3.05, 3.63) is 30.3 Å². The van der Waals surface area contributed by atoms with Gasteiger partial charge in [-0.05, 0) is 25.0 Å². The lowest BCUT2D eigenvalue weighted by Gasteiger charge is -2.20. The minimum Gasteiger partial charge on any atom is -0.355 e. The van der Waals surface area contributed by atoms with E-state index in [0.29, 0.717) is 23.3 Å². The molecule has 0 spiro atoms. The molecule has 0 bridgehead atoms. The number of rotatable bonds is 6. The third-order valence-electron chi connectivity index (χ3n) is 3.35. The van der Waals surface area contributed by atoms with Gasteiger partial charge in [-0.2, -0.15) is 0 Å². The van der Waals surface area contributed by atoms with E-state index in [9.17, 15) is 8.42 Å². The van der Waals surface area contributed by atoms with E-state index < -0.39 is 9.84 Å². The molecular weight excluding hydrogens is 413 g/mol. The number of nitrogens with zero attached hydrogens (tertiary/aromatic N) is 1. The summed E-state index contributed by atoms with van der Waals surface area (Å²) >= 11 is 0. The number of hydrogen-bond donors (Lipinski definition) is 2. The third-order valence-corrected chi connectivity index (χ3v) is 5.09. The highest BCUT2D eigenvalue weighted by atomic mass is 127. The van der Waals surface area contributed by atoms with Crippen LogP contribution in [0.2, 0.25) is 0 Å². The monoisotopic (exact) mass is 439 g/mol. The van der Waals surface area contributed by atoms with Crippen molar-refractivity contribution in [2.24, 2.45) is 10.9 Å². The van der Waals surface area contributed by atoms with E-state index in [1.54, 1.807) is 37.4 Å². The van der Waals surface area contributed by atoms with Gasteiger partial charge >= 0.3 is 0 Å². The minimum atomic E-state index is -3.25. The molecule has 0 amide bonds. The Kier molecular flexibility index (Phi) is 9.66. The highest BCUT2D eigenvalue weighted by molar-refractivity contribution is 14.0. The van der Waals surface area contributed by atoms with Crippen LogP contribution in [0.15, 0.2) is 40.2 Å². The van der Waals surface area contributed by atoms with Gasteiger partial charge in [0.25, 0.3) is 0 Å². The number of nitrogens with one attached hydrogen (secondary N) is 2. The molecule has 2 N–H and O–H groups in total. The molecule has 0 aliphatic heterocycles. The Labute approximate surface area is 150 Å². The number of hydrogen-bond acceptors (Lipinski definition) is 3. The van der Waals surface area contributed by atoms with E-state index in [2.05, 4.69) is 36.4 Å². The van der Waals surface area contributed by atoms with Crippen LogP contribution in [-0.2, 0) is 9.84 Å². The average molecular weight is 439 g/mol. The van der Waals surface area contributed by atoms with Crippen molar-refractivity contribution in [1.29, 1.82) is 0 Å². The Morgan fingerprint density at radius 3 is 2.27 bits per heavy atom. The van der Waals surface area contributed by atoms with Gasteiger partial charge in [-0.15, -0.1) is 24.0 Å². The van der Waals surface area contributed by atoms with Crippen molar-refractivity contribution >= 4 is 39.8 Å². The van der Waals surface area contributed by atoms with E-state index in [1.807, 2.05) is 0 Å². The lowest BCUT2D eigenvalue weighted by atomic mass is 10.1. The molecule has 22 heavy (non-hydrogen) atoms. The molecule has 0 fully saturated rings. The summed E-state index contributed by atoms with van der Waals surface area (Å²) in [6.07, 6.45) is 0. The molecule has 7 heteroatoms. The highest BCUT2D eigenvalue weighted by Gasteiger charge is 2.14. The molecule has 0 radical (unpaired) electrons. The number of sulfone groups is 1. The van der Waals surface area contributed by atoms with Crippen molar-refractivity contribution in [2.75, 3.05) is 19.3 Å². The van der Waals surface area contributed by atoms with Gasteiger partial charge in [0.1, 0.15) is 0 Å². The van der Waals surface area contributed by atoms with Crippen LogP contribution in [-0.4, -0.2) is 39.8 Å². The van der Waals surface area contributed by atoms with Crippen molar-refractivity contribution in [3.8, 4) is 0 Å². The van der Waals surface area contributed by atoms with E-state index in [-0.39, 0.29) is 35.8 Å². The normalized spacial score (nSPS) is 13.4. The molecule has 1 aromatic carbocycles. The van der Waals surface area contributed by atoms with Gasteiger partial charge in [0, 0.05) is 19.6 Å². The first-order valence-corrected chi connectivity index (χ1v) is 8.77. The van der Waals surface area contributed by atoms with Gasteiger partial charge in [0.15, 0.2) is 15.8 Å². The van der Waals surface area contributed by atoms with E-state index in [0.717, 1.165) is 0 Å². The molecule has 1 aromatic rings. The summed E-state index contributed by atoms with van der Waals surface area (Å²) in [5.74, 6) is 1.13. The Morgan fingerprint density at radius 1 is 1.18 bits per heavy atom. The highest BCUT2D eigenvalue weighted by Crippen LogP contribution is 2.09. The number of aliphatic imine (C=N–C) groups is 1. The van der Waals surface area contributed by atoms with Gasteiger partial charge in [0.05, 0.1) is 10.6 Å². The van der Waals surface area contributed by atoms with Gasteiger partial charge in [-0.3, -0.25) is 4.99 Å². The van der Waals surface area contributed by atoms with Crippen LogP contribution in [0, 0.1) is 5.92 Å².